The molecule has 7 aromatic rings. The maximum atomic E-state index is 15.4. The van der Waals surface area contributed by atoms with E-state index in [1.165, 1.54) is 5.56 Å². The van der Waals surface area contributed by atoms with Crippen LogP contribution in [0.15, 0.2) is 66.9 Å². The fraction of sp³-hybridized carbons (Fsp3) is 0.0250. The van der Waals surface area contributed by atoms with E-state index in [0.717, 1.165) is 17.4 Å². The minimum absolute atomic E-state index is 0.329. The molecule has 7 rings (SSSR count). The van der Waals surface area contributed by atoms with E-state index in [0.29, 0.717) is 5.75 Å². The predicted molar refractivity (Wildman–Crippen MR) is 181 cm³/mol. The van der Waals surface area contributed by atoms with E-state index in [2.05, 4.69) is 16.7 Å². The van der Waals surface area contributed by atoms with Crippen LogP contribution in [0.5, 0.6) is 5.75 Å². The lowest BCUT2D eigenvalue weighted by molar-refractivity contribution is -0.662. The van der Waals surface area contributed by atoms with Crippen LogP contribution in [0.4, 0.5) is 87.8 Å². The van der Waals surface area contributed by atoms with Crippen molar-refractivity contribution in [2.45, 2.75) is 6.54 Å². The molecule has 6 aromatic carbocycles. The van der Waals surface area contributed by atoms with Crippen LogP contribution in [-0.4, -0.2) is 11.3 Å². The van der Waals surface area contributed by atoms with Crippen molar-refractivity contribution in [1.82, 2.24) is 0 Å². The summed E-state index contributed by atoms with van der Waals surface area (Å²) in [7, 11) is 0. The van der Waals surface area contributed by atoms with E-state index in [1.54, 1.807) is 6.07 Å². The molecule has 0 unspecified atom stereocenters. The van der Waals surface area contributed by atoms with Gasteiger partial charge < -0.3 is 5.11 Å². The summed E-state index contributed by atoms with van der Waals surface area (Å²) >= 11 is 0. The van der Waals surface area contributed by atoms with Gasteiger partial charge in [0.25, 0.3) is 0 Å². The van der Waals surface area contributed by atoms with Gasteiger partial charge in [0.05, 0.1) is 5.39 Å². The van der Waals surface area contributed by atoms with Crippen molar-refractivity contribution in [2.75, 3.05) is 0 Å². The number of hydrogen-bond acceptors (Lipinski definition) is 1. The highest BCUT2D eigenvalue weighted by Crippen LogP contribution is 2.31. The second kappa shape index (κ2) is 16.8. The molecule has 0 saturated heterocycles. The van der Waals surface area contributed by atoms with Gasteiger partial charge in [0, 0.05) is 17.7 Å². The molecule has 1 N–H and O–H groups in total. The van der Waals surface area contributed by atoms with E-state index in [-0.39, 0.29) is 0 Å². The van der Waals surface area contributed by atoms with Gasteiger partial charge >= 0.3 is 0 Å². The lowest BCUT2D eigenvalue weighted by Crippen LogP contribution is -2.81. The van der Waals surface area contributed by atoms with E-state index in [4.69, 9.17) is 0 Å². The Morgan fingerprint density at radius 3 is 0.921 bits per heavy atom. The highest BCUT2D eigenvalue weighted by atomic mass is 19.2. The van der Waals surface area contributed by atoms with Gasteiger partial charge in [-0.3, -0.25) is 0 Å². The predicted octanol–water partition coefficient (Wildman–Crippen LogP) is 8.73. The van der Waals surface area contributed by atoms with Crippen LogP contribution in [0.3, 0.4) is 0 Å². The van der Waals surface area contributed by atoms with Gasteiger partial charge in [-0.1, -0.05) is 42.5 Å². The summed E-state index contributed by atoms with van der Waals surface area (Å²) in [5.74, 6) is -71.1. The molecule has 23 heteroatoms. The maximum absolute atomic E-state index is 15.4. The van der Waals surface area contributed by atoms with Crippen molar-refractivity contribution < 1.29 is 97.5 Å². The largest absolute Gasteiger partial charge is 0.507 e. The number of rotatable bonds is 6. The van der Waals surface area contributed by atoms with Crippen molar-refractivity contribution in [3.63, 3.8) is 0 Å². The van der Waals surface area contributed by atoms with E-state index in [1.807, 2.05) is 48.7 Å². The number of halogens is 20. The number of aromatic nitrogens is 1. The molecule has 0 fully saturated rings. The van der Waals surface area contributed by atoms with E-state index in [9.17, 15) is 57.8 Å². The Labute approximate surface area is 337 Å². The second-order valence-electron chi connectivity index (χ2n) is 13.1. The van der Waals surface area contributed by atoms with Gasteiger partial charge in [0.1, 0.15) is 58.4 Å². The molecular weight excluding hydrogens is 901 g/mol. The summed E-state index contributed by atoms with van der Waals surface area (Å²) < 4.78 is 296. The number of para-hydroxylation sites is 1. The highest BCUT2D eigenvalue weighted by molar-refractivity contribution is 7.20. The first-order valence-corrected chi connectivity index (χ1v) is 16.9. The maximum Gasteiger partial charge on any atom is 0.216 e. The molecule has 0 amide bonds. The summed E-state index contributed by atoms with van der Waals surface area (Å²) in [5, 5.41) is 10.7. The van der Waals surface area contributed by atoms with Crippen molar-refractivity contribution in [3.05, 3.63) is 189 Å². The molecule has 63 heavy (non-hydrogen) atoms. The highest BCUT2D eigenvalue weighted by Gasteiger charge is 2.52. The number of aromatic hydroxyl groups is 1. The third-order valence-corrected chi connectivity index (χ3v) is 9.80. The summed E-state index contributed by atoms with van der Waals surface area (Å²) in [5.41, 5.74) is -12.0. The smallest absolute Gasteiger partial charge is 0.216 e. The molecule has 0 bridgehead atoms. The zero-order valence-corrected chi connectivity index (χ0v) is 30.1. The Morgan fingerprint density at radius 2 is 0.603 bits per heavy atom. The molecule has 0 aliphatic heterocycles. The molecular formula is C40H14BF20NO. The first kappa shape index (κ1) is 45.7. The molecule has 0 aliphatic rings. The standard InChI is InChI=1S/C24BF20.C16H13NO/c26-5-1(6(27)14(35)21(42)13(5)34)25(2-7(28)15(36)22(43)16(37)8(2)29,3-9(30)17(38)23(44)18(39)10(3)31)4-11(32)19(40)24(45)20(41)12(4)33;18-16-10-11-17(12-13-6-2-1-3-7-13)15-9-5-4-8-14(15)16/h;1-11H,12H2/q-1;/p+1. The van der Waals surface area contributed by atoms with Crippen LogP contribution < -0.4 is 26.4 Å². The van der Waals surface area contributed by atoms with E-state index >= 15 is 35.1 Å². The number of pyridine rings is 1. The Balaban J connectivity index is 0.000000302. The fourth-order valence-corrected chi connectivity index (χ4v) is 7.06. The number of nitrogens with zero attached hydrogens (tertiary/aromatic N) is 1. The summed E-state index contributed by atoms with van der Waals surface area (Å²) in [4.78, 5) is 0. The lowest BCUT2D eigenvalue weighted by Gasteiger charge is -2.44. The van der Waals surface area contributed by atoms with Crippen LogP contribution in [0.2, 0.25) is 0 Å². The Bertz CT molecular complexity index is 2620. The van der Waals surface area contributed by atoms with Crippen molar-refractivity contribution >= 4 is 38.9 Å². The Morgan fingerprint density at radius 1 is 0.333 bits per heavy atom. The third-order valence-electron chi connectivity index (χ3n) is 9.80. The van der Waals surface area contributed by atoms with Gasteiger partial charge in [-0.2, -0.15) is 4.57 Å². The molecule has 1 heterocycles. The van der Waals surface area contributed by atoms with Crippen molar-refractivity contribution in [1.29, 1.82) is 0 Å². The lowest BCUT2D eigenvalue weighted by atomic mass is 9.12. The van der Waals surface area contributed by atoms with Crippen LogP contribution in [0, 0.1) is 116 Å². The SMILES string of the molecule is Fc1c(F)c(F)c([B-](c2c(F)c(F)c(F)c(F)c2F)(c2c(F)c(F)c(F)c(F)c2F)c2c(F)c(F)c(F)c(F)c2F)c(F)c1F.Oc1cc[n+](Cc2ccccc2)c2ccccc12. The summed E-state index contributed by atoms with van der Waals surface area (Å²) in [6.45, 7) is 0.807. The quantitative estimate of drug-likeness (QED) is 0.0584. The van der Waals surface area contributed by atoms with Crippen molar-refractivity contribution in [3.8, 4) is 5.75 Å². The molecule has 0 radical (unpaired) electrons. The summed E-state index contributed by atoms with van der Waals surface area (Å²) in [6, 6.07) is 19.9. The van der Waals surface area contributed by atoms with Gasteiger partial charge in [-0.25, -0.2) is 87.8 Å². The van der Waals surface area contributed by atoms with Crippen LogP contribution in [0.1, 0.15) is 5.56 Å². The first-order chi connectivity index (χ1) is 29.5. The Kier molecular flexibility index (Phi) is 12.2. The average molecular weight is 915 g/mol. The molecule has 0 aliphatic carbocycles. The minimum atomic E-state index is -7.22. The average Bonchev–Trinajstić information content (AvgIpc) is 3.28. The summed E-state index contributed by atoms with van der Waals surface area (Å²) in [6.07, 6.45) is -5.30. The Hall–Kier alpha value is -6.81. The minimum Gasteiger partial charge on any atom is -0.507 e. The van der Waals surface area contributed by atoms with Gasteiger partial charge in [-0.15, -0.1) is 21.9 Å². The zero-order valence-electron chi connectivity index (χ0n) is 30.1. The van der Waals surface area contributed by atoms with Gasteiger partial charge in [0.2, 0.25) is 5.52 Å². The van der Waals surface area contributed by atoms with Gasteiger partial charge in [-0.05, 0) is 6.07 Å². The zero-order chi connectivity index (χ0) is 46.7. The molecule has 2 nitrogen and oxygen atoms in total. The normalized spacial score (nSPS) is 11.6. The number of benzene rings is 6. The molecule has 0 saturated carbocycles. The second-order valence-corrected chi connectivity index (χ2v) is 13.1. The number of hydrogen-bond donors (Lipinski definition) is 1. The van der Waals surface area contributed by atoms with Gasteiger partial charge in [0.15, 0.2) is 82.5 Å². The van der Waals surface area contributed by atoms with Crippen molar-refractivity contribution in [2.24, 2.45) is 0 Å². The van der Waals surface area contributed by atoms with E-state index < -0.39 is 144 Å². The van der Waals surface area contributed by atoms with Crippen LogP contribution >= 0.6 is 0 Å². The fourth-order valence-electron chi connectivity index (χ4n) is 7.06. The third kappa shape index (κ3) is 7.02. The molecule has 328 valence electrons. The molecule has 1 aromatic heterocycles. The van der Waals surface area contributed by atoms with Crippen LogP contribution in [0.25, 0.3) is 10.9 Å². The number of fused-ring (bicyclic) bond motifs is 1. The first-order valence-electron chi connectivity index (χ1n) is 16.9. The monoisotopic (exact) mass is 915 g/mol. The topological polar surface area (TPSA) is 24.1 Å². The molecule has 0 spiro atoms. The van der Waals surface area contributed by atoms with Crippen LogP contribution in [-0.2, 0) is 6.54 Å². The molecule has 0 atom stereocenters.